The highest BCUT2D eigenvalue weighted by molar-refractivity contribution is 6.30. The largest absolute Gasteiger partial charge is 0.461 e. The van der Waals surface area contributed by atoms with E-state index in [1.54, 1.807) is 6.07 Å². The van der Waals surface area contributed by atoms with E-state index in [0.29, 0.717) is 5.02 Å². The minimum Gasteiger partial charge on any atom is -0.461 e. The van der Waals surface area contributed by atoms with Gasteiger partial charge in [-0.2, -0.15) is 15.0 Å². The van der Waals surface area contributed by atoms with Gasteiger partial charge in [-0.3, -0.25) is 0 Å². The predicted molar refractivity (Wildman–Crippen MR) is 74.7 cm³/mol. The first kappa shape index (κ1) is 14.3. The van der Waals surface area contributed by atoms with Gasteiger partial charge in [-0.1, -0.05) is 11.6 Å². The van der Waals surface area contributed by atoms with Gasteiger partial charge in [0.2, 0.25) is 11.9 Å². The first-order valence-electron chi connectivity index (χ1n) is 5.84. The molecule has 0 unspecified atom stereocenters. The zero-order chi connectivity index (χ0) is 14.7. The molecule has 0 aliphatic carbocycles. The number of hydrogen-bond donors (Lipinski definition) is 2. The molecule has 3 N–H and O–H groups in total. The van der Waals surface area contributed by atoms with Crippen LogP contribution in [0.5, 0.6) is 6.01 Å². The normalized spacial score (nSPS) is 10.7. The molecule has 0 amide bonds. The molecule has 106 valence electrons. The molecule has 1 aromatic heterocycles. The van der Waals surface area contributed by atoms with Crippen molar-refractivity contribution in [2.75, 3.05) is 11.1 Å². The molecular formula is C12H13ClFN5O. The molecule has 0 aliphatic heterocycles. The van der Waals surface area contributed by atoms with E-state index >= 15 is 0 Å². The van der Waals surface area contributed by atoms with Crippen molar-refractivity contribution < 1.29 is 9.13 Å². The molecule has 2 aromatic rings. The van der Waals surface area contributed by atoms with Crippen LogP contribution in [0.3, 0.4) is 0 Å². The van der Waals surface area contributed by atoms with Crippen molar-refractivity contribution >= 4 is 29.2 Å². The summed E-state index contributed by atoms with van der Waals surface area (Å²) < 4.78 is 19.0. The Morgan fingerprint density at radius 2 is 2.05 bits per heavy atom. The van der Waals surface area contributed by atoms with Gasteiger partial charge in [0, 0.05) is 5.02 Å². The molecule has 0 bridgehead atoms. The van der Waals surface area contributed by atoms with E-state index in [9.17, 15) is 4.39 Å². The van der Waals surface area contributed by atoms with Crippen molar-refractivity contribution in [1.29, 1.82) is 0 Å². The Balaban J connectivity index is 2.26. The van der Waals surface area contributed by atoms with Gasteiger partial charge in [0.25, 0.3) is 0 Å². The highest BCUT2D eigenvalue weighted by Gasteiger charge is 2.09. The van der Waals surface area contributed by atoms with Crippen molar-refractivity contribution in [2.45, 2.75) is 20.0 Å². The van der Waals surface area contributed by atoms with Gasteiger partial charge < -0.3 is 15.8 Å². The number of benzene rings is 1. The highest BCUT2D eigenvalue weighted by Crippen LogP contribution is 2.22. The van der Waals surface area contributed by atoms with E-state index in [1.165, 1.54) is 12.1 Å². The third-order valence-corrected chi connectivity index (χ3v) is 2.39. The van der Waals surface area contributed by atoms with Crippen LogP contribution < -0.4 is 15.8 Å². The molecule has 2 rings (SSSR count). The lowest BCUT2D eigenvalue weighted by molar-refractivity contribution is 0.222. The summed E-state index contributed by atoms with van der Waals surface area (Å²) in [6.45, 7) is 3.65. The second-order valence-electron chi connectivity index (χ2n) is 4.22. The number of rotatable bonds is 4. The minimum absolute atomic E-state index is 0.0208. The second kappa shape index (κ2) is 5.87. The molecule has 1 aromatic carbocycles. The molecule has 8 heteroatoms. The Labute approximate surface area is 120 Å². The van der Waals surface area contributed by atoms with Crippen LogP contribution in [-0.2, 0) is 0 Å². The quantitative estimate of drug-likeness (QED) is 0.902. The molecule has 0 fully saturated rings. The number of aromatic nitrogens is 3. The fourth-order valence-corrected chi connectivity index (χ4v) is 1.56. The third-order valence-electron chi connectivity index (χ3n) is 2.15. The van der Waals surface area contributed by atoms with Gasteiger partial charge in [-0.05, 0) is 32.0 Å². The molecule has 0 spiro atoms. The van der Waals surface area contributed by atoms with E-state index in [2.05, 4.69) is 20.3 Å². The standard InChI is InChI=1S/C12H13ClFN5O/c1-6(2)20-12-18-10(15)17-11(19-12)16-9-4-3-7(13)5-8(9)14/h3-6H,1-2H3,(H3,15,16,17,18,19). The Hall–Kier alpha value is -2.15. The highest BCUT2D eigenvalue weighted by atomic mass is 35.5. The molecule has 1 heterocycles. The van der Waals surface area contributed by atoms with E-state index in [0.717, 1.165) is 0 Å². The number of anilines is 3. The van der Waals surface area contributed by atoms with Crippen LogP contribution in [0.15, 0.2) is 18.2 Å². The van der Waals surface area contributed by atoms with Crippen molar-refractivity contribution in [2.24, 2.45) is 0 Å². The smallest absolute Gasteiger partial charge is 0.323 e. The predicted octanol–water partition coefficient (Wildman–Crippen LogP) is 2.78. The minimum atomic E-state index is -0.525. The number of ether oxygens (including phenoxy) is 1. The average molecular weight is 298 g/mol. The Morgan fingerprint density at radius 1 is 1.30 bits per heavy atom. The number of nitrogen functional groups attached to an aromatic ring is 1. The Kier molecular flexibility index (Phi) is 4.19. The lowest BCUT2D eigenvalue weighted by Gasteiger charge is -2.10. The van der Waals surface area contributed by atoms with Crippen LogP contribution in [0.2, 0.25) is 5.02 Å². The summed E-state index contributed by atoms with van der Waals surface area (Å²) in [6.07, 6.45) is -0.114. The SMILES string of the molecule is CC(C)Oc1nc(N)nc(Nc2ccc(Cl)cc2F)n1. The summed E-state index contributed by atoms with van der Waals surface area (Å²) >= 11 is 5.68. The van der Waals surface area contributed by atoms with Gasteiger partial charge in [0.15, 0.2) is 0 Å². The monoisotopic (exact) mass is 297 g/mol. The summed E-state index contributed by atoms with van der Waals surface area (Å²) in [6, 6.07) is 4.27. The van der Waals surface area contributed by atoms with E-state index in [-0.39, 0.29) is 29.7 Å². The van der Waals surface area contributed by atoms with Gasteiger partial charge in [0.1, 0.15) is 5.82 Å². The number of halogens is 2. The molecule has 20 heavy (non-hydrogen) atoms. The first-order valence-corrected chi connectivity index (χ1v) is 6.22. The van der Waals surface area contributed by atoms with E-state index in [1.807, 2.05) is 13.8 Å². The fourth-order valence-electron chi connectivity index (χ4n) is 1.40. The second-order valence-corrected chi connectivity index (χ2v) is 4.65. The summed E-state index contributed by atoms with van der Waals surface area (Å²) in [5.74, 6) is -0.454. The van der Waals surface area contributed by atoms with E-state index in [4.69, 9.17) is 22.1 Å². The van der Waals surface area contributed by atoms with Crippen LogP contribution in [0, 0.1) is 5.82 Å². The van der Waals surface area contributed by atoms with Crippen LogP contribution in [0.1, 0.15) is 13.8 Å². The summed E-state index contributed by atoms with van der Waals surface area (Å²) in [4.78, 5) is 11.7. The fraction of sp³-hybridized carbons (Fsp3) is 0.250. The lowest BCUT2D eigenvalue weighted by Crippen LogP contribution is -2.12. The maximum atomic E-state index is 13.7. The maximum absolute atomic E-state index is 13.7. The van der Waals surface area contributed by atoms with Crippen molar-refractivity contribution in [3.63, 3.8) is 0 Å². The Bertz CT molecular complexity index is 623. The van der Waals surface area contributed by atoms with Crippen molar-refractivity contribution in [3.8, 4) is 6.01 Å². The summed E-state index contributed by atoms with van der Waals surface area (Å²) in [5.41, 5.74) is 5.73. The van der Waals surface area contributed by atoms with E-state index < -0.39 is 5.82 Å². The average Bonchev–Trinajstić information content (AvgIpc) is 2.31. The zero-order valence-corrected chi connectivity index (χ0v) is 11.6. The molecule has 0 saturated carbocycles. The van der Waals surface area contributed by atoms with Gasteiger partial charge >= 0.3 is 6.01 Å². The summed E-state index contributed by atoms with van der Waals surface area (Å²) in [7, 11) is 0. The molecular weight excluding hydrogens is 285 g/mol. The number of nitrogens with two attached hydrogens (primary N) is 1. The number of nitrogens with zero attached hydrogens (tertiary/aromatic N) is 3. The van der Waals surface area contributed by atoms with Crippen LogP contribution in [0.4, 0.5) is 22.0 Å². The summed E-state index contributed by atoms with van der Waals surface area (Å²) in [5, 5.41) is 3.00. The third kappa shape index (κ3) is 3.67. The van der Waals surface area contributed by atoms with Crippen molar-refractivity contribution in [1.82, 2.24) is 15.0 Å². The zero-order valence-electron chi connectivity index (χ0n) is 10.9. The Morgan fingerprint density at radius 3 is 2.70 bits per heavy atom. The lowest BCUT2D eigenvalue weighted by atomic mass is 10.3. The van der Waals surface area contributed by atoms with Gasteiger partial charge in [-0.15, -0.1) is 0 Å². The number of hydrogen-bond acceptors (Lipinski definition) is 6. The molecule has 0 aliphatic rings. The van der Waals surface area contributed by atoms with Crippen molar-refractivity contribution in [3.05, 3.63) is 29.0 Å². The molecule has 0 radical (unpaired) electrons. The van der Waals surface area contributed by atoms with Gasteiger partial charge in [0.05, 0.1) is 11.8 Å². The first-order chi connectivity index (χ1) is 9.44. The van der Waals surface area contributed by atoms with Crippen LogP contribution >= 0.6 is 11.6 Å². The molecule has 6 nitrogen and oxygen atoms in total. The van der Waals surface area contributed by atoms with Crippen LogP contribution in [-0.4, -0.2) is 21.1 Å². The number of nitrogens with one attached hydrogen (secondary N) is 1. The molecule has 0 atom stereocenters. The topological polar surface area (TPSA) is 86.0 Å². The molecule has 0 saturated heterocycles. The maximum Gasteiger partial charge on any atom is 0.323 e. The van der Waals surface area contributed by atoms with Gasteiger partial charge in [-0.25, -0.2) is 4.39 Å². The van der Waals surface area contributed by atoms with Crippen LogP contribution in [0.25, 0.3) is 0 Å².